The summed E-state index contributed by atoms with van der Waals surface area (Å²) in [4.78, 5) is 4.14. The van der Waals surface area contributed by atoms with Gasteiger partial charge in [-0.1, -0.05) is 30.7 Å². The molecule has 0 fully saturated rings. The fraction of sp³-hybridized carbons (Fsp3) is 0.267. The summed E-state index contributed by atoms with van der Waals surface area (Å²) in [5, 5.41) is 4.19. The third-order valence-electron chi connectivity index (χ3n) is 3.15. The molecule has 1 atom stereocenters. The van der Waals surface area contributed by atoms with Crippen molar-refractivity contribution in [3.05, 3.63) is 57.2 Å². The molecule has 0 saturated heterocycles. The van der Waals surface area contributed by atoms with E-state index in [0.717, 1.165) is 23.0 Å². The van der Waals surface area contributed by atoms with Crippen LogP contribution in [0.25, 0.3) is 0 Å². The SMILES string of the molecule is CCNC(Cc1cccnc1N)c1ccc(Cl)c(Br)c1. The zero-order valence-electron chi connectivity index (χ0n) is 11.2. The van der Waals surface area contributed by atoms with E-state index in [-0.39, 0.29) is 6.04 Å². The highest BCUT2D eigenvalue weighted by atomic mass is 79.9. The number of hydrogen-bond acceptors (Lipinski definition) is 3. The van der Waals surface area contributed by atoms with Gasteiger partial charge in [0.05, 0.1) is 5.02 Å². The van der Waals surface area contributed by atoms with Crippen molar-refractivity contribution in [2.45, 2.75) is 19.4 Å². The molecular weight excluding hydrogens is 338 g/mol. The van der Waals surface area contributed by atoms with Crippen LogP contribution in [-0.4, -0.2) is 11.5 Å². The Morgan fingerprint density at radius 2 is 2.20 bits per heavy atom. The van der Waals surface area contributed by atoms with Gasteiger partial charge in [-0.15, -0.1) is 0 Å². The number of hydrogen-bond donors (Lipinski definition) is 2. The van der Waals surface area contributed by atoms with Crippen LogP contribution in [0.2, 0.25) is 5.02 Å². The number of rotatable bonds is 5. The molecule has 3 N–H and O–H groups in total. The summed E-state index contributed by atoms with van der Waals surface area (Å²) in [7, 11) is 0. The first-order valence-electron chi connectivity index (χ1n) is 6.49. The smallest absolute Gasteiger partial charge is 0.126 e. The normalized spacial score (nSPS) is 12.3. The molecule has 1 aromatic heterocycles. The van der Waals surface area contributed by atoms with Gasteiger partial charge in [0.15, 0.2) is 0 Å². The van der Waals surface area contributed by atoms with E-state index in [9.17, 15) is 0 Å². The van der Waals surface area contributed by atoms with Crippen molar-refractivity contribution in [1.82, 2.24) is 10.3 Å². The Bertz CT molecular complexity index is 589. The first-order valence-corrected chi connectivity index (χ1v) is 7.66. The first kappa shape index (κ1) is 15.3. The van der Waals surface area contributed by atoms with E-state index in [4.69, 9.17) is 17.3 Å². The van der Waals surface area contributed by atoms with Crippen molar-refractivity contribution in [3.8, 4) is 0 Å². The number of nitrogens with two attached hydrogens (primary N) is 1. The molecule has 0 spiro atoms. The Labute approximate surface area is 132 Å². The molecular formula is C15H17BrClN3. The van der Waals surface area contributed by atoms with Crippen LogP contribution in [0.1, 0.15) is 24.1 Å². The predicted octanol–water partition coefficient (Wildman–Crippen LogP) is 3.97. The van der Waals surface area contributed by atoms with Crippen LogP contribution in [-0.2, 0) is 6.42 Å². The molecule has 20 heavy (non-hydrogen) atoms. The van der Waals surface area contributed by atoms with Gasteiger partial charge in [-0.05, 0) is 58.2 Å². The van der Waals surface area contributed by atoms with Crippen molar-refractivity contribution in [2.24, 2.45) is 0 Å². The van der Waals surface area contributed by atoms with Crippen molar-refractivity contribution < 1.29 is 0 Å². The molecule has 3 nitrogen and oxygen atoms in total. The highest BCUT2D eigenvalue weighted by molar-refractivity contribution is 9.10. The number of anilines is 1. The number of nitrogen functional groups attached to an aromatic ring is 1. The minimum atomic E-state index is 0.181. The molecule has 0 aliphatic rings. The Kier molecular flexibility index (Phi) is 5.40. The average molecular weight is 355 g/mol. The molecule has 1 heterocycles. The van der Waals surface area contributed by atoms with Gasteiger partial charge in [0.2, 0.25) is 0 Å². The number of nitrogens with one attached hydrogen (secondary N) is 1. The van der Waals surface area contributed by atoms with E-state index in [1.165, 1.54) is 5.56 Å². The highest BCUT2D eigenvalue weighted by Crippen LogP contribution is 2.28. The van der Waals surface area contributed by atoms with E-state index >= 15 is 0 Å². The van der Waals surface area contributed by atoms with Crippen molar-refractivity contribution in [2.75, 3.05) is 12.3 Å². The fourth-order valence-electron chi connectivity index (χ4n) is 2.13. The molecule has 1 aromatic carbocycles. The number of benzene rings is 1. The van der Waals surface area contributed by atoms with Gasteiger partial charge < -0.3 is 11.1 Å². The quantitative estimate of drug-likeness (QED) is 0.854. The van der Waals surface area contributed by atoms with Crippen LogP contribution in [0.5, 0.6) is 0 Å². The maximum absolute atomic E-state index is 6.05. The third-order valence-corrected chi connectivity index (χ3v) is 4.36. The van der Waals surface area contributed by atoms with E-state index in [0.29, 0.717) is 10.8 Å². The third kappa shape index (κ3) is 3.72. The molecule has 1 unspecified atom stereocenters. The van der Waals surface area contributed by atoms with E-state index in [1.54, 1.807) is 6.20 Å². The standard InChI is InChI=1S/C15H17BrClN3/c1-2-19-14(9-11-4-3-7-20-15(11)18)10-5-6-13(17)12(16)8-10/h3-8,14,19H,2,9H2,1H3,(H2,18,20). The molecule has 0 amide bonds. The van der Waals surface area contributed by atoms with E-state index < -0.39 is 0 Å². The molecule has 0 saturated carbocycles. The number of aromatic nitrogens is 1. The lowest BCUT2D eigenvalue weighted by molar-refractivity contribution is 0.549. The van der Waals surface area contributed by atoms with Gasteiger partial charge >= 0.3 is 0 Å². The van der Waals surface area contributed by atoms with Crippen molar-refractivity contribution in [3.63, 3.8) is 0 Å². The van der Waals surface area contributed by atoms with Gasteiger partial charge in [0, 0.05) is 16.7 Å². The predicted molar refractivity (Wildman–Crippen MR) is 87.9 cm³/mol. The Hall–Kier alpha value is -1.10. The Morgan fingerprint density at radius 3 is 2.85 bits per heavy atom. The van der Waals surface area contributed by atoms with Crippen LogP contribution >= 0.6 is 27.5 Å². The largest absolute Gasteiger partial charge is 0.383 e. The minimum Gasteiger partial charge on any atom is -0.383 e. The van der Waals surface area contributed by atoms with Gasteiger partial charge in [0.1, 0.15) is 5.82 Å². The average Bonchev–Trinajstić information content (AvgIpc) is 2.44. The lowest BCUT2D eigenvalue weighted by Crippen LogP contribution is -2.23. The maximum Gasteiger partial charge on any atom is 0.126 e. The second-order valence-corrected chi connectivity index (χ2v) is 5.80. The molecule has 5 heteroatoms. The summed E-state index contributed by atoms with van der Waals surface area (Å²) in [6.07, 6.45) is 2.50. The summed E-state index contributed by atoms with van der Waals surface area (Å²) in [6.45, 7) is 2.97. The van der Waals surface area contributed by atoms with Crippen LogP contribution in [0.3, 0.4) is 0 Å². The van der Waals surface area contributed by atoms with Crippen LogP contribution < -0.4 is 11.1 Å². The van der Waals surface area contributed by atoms with Crippen molar-refractivity contribution >= 4 is 33.3 Å². The maximum atomic E-state index is 6.05. The van der Waals surface area contributed by atoms with Crippen molar-refractivity contribution in [1.29, 1.82) is 0 Å². The molecule has 2 rings (SSSR count). The zero-order chi connectivity index (χ0) is 14.5. The monoisotopic (exact) mass is 353 g/mol. The second kappa shape index (κ2) is 7.07. The van der Waals surface area contributed by atoms with Crippen LogP contribution in [0.15, 0.2) is 41.0 Å². The number of likely N-dealkylation sites (N-methyl/N-ethyl adjacent to an activating group) is 1. The van der Waals surface area contributed by atoms with Gasteiger partial charge in [-0.2, -0.15) is 0 Å². The fourth-order valence-corrected chi connectivity index (χ4v) is 2.64. The van der Waals surface area contributed by atoms with E-state index in [2.05, 4.69) is 33.2 Å². The van der Waals surface area contributed by atoms with Gasteiger partial charge in [-0.25, -0.2) is 4.98 Å². The number of pyridine rings is 1. The van der Waals surface area contributed by atoms with Gasteiger partial charge in [-0.3, -0.25) is 0 Å². The number of nitrogens with zero attached hydrogens (tertiary/aromatic N) is 1. The highest BCUT2D eigenvalue weighted by Gasteiger charge is 2.14. The van der Waals surface area contributed by atoms with Crippen LogP contribution in [0.4, 0.5) is 5.82 Å². The summed E-state index contributed by atoms with van der Waals surface area (Å²) in [5.74, 6) is 0.587. The zero-order valence-corrected chi connectivity index (χ0v) is 13.6. The summed E-state index contributed by atoms with van der Waals surface area (Å²) < 4.78 is 0.902. The molecule has 0 aliphatic carbocycles. The topological polar surface area (TPSA) is 50.9 Å². The lowest BCUT2D eigenvalue weighted by Gasteiger charge is -2.19. The summed E-state index contributed by atoms with van der Waals surface area (Å²) >= 11 is 9.52. The molecule has 0 radical (unpaired) electrons. The summed E-state index contributed by atoms with van der Waals surface area (Å²) in [6, 6.07) is 10.1. The number of halogens is 2. The Morgan fingerprint density at radius 1 is 1.40 bits per heavy atom. The molecule has 2 aromatic rings. The molecule has 0 aliphatic heterocycles. The second-order valence-electron chi connectivity index (χ2n) is 4.54. The van der Waals surface area contributed by atoms with E-state index in [1.807, 2.05) is 30.3 Å². The first-order chi connectivity index (χ1) is 9.61. The molecule has 0 bridgehead atoms. The summed E-state index contributed by atoms with van der Waals surface area (Å²) in [5.41, 5.74) is 8.15. The van der Waals surface area contributed by atoms with Gasteiger partial charge in [0.25, 0.3) is 0 Å². The lowest BCUT2D eigenvalue weighted by atomic mass is 9.99. The molecule has 106 valence electrons. The van der Waals surface area contributed by atoms with Crippen LogP contribution in [0, 0.1) is 0 Å². The Balaban J connectivity index is 2.27. The minimum absolute atomic E-state index is 0.181.